The maximum atomic E-state index is 13.4. The van der Waals surface area contributed by atoms with E-state index in [4.69, 9.17) is 0 Å². The maximum Gasteiger partial charge on any atom is 0.421 e. The van der Waals surface area contributed by atoms with Gasteiger partial charge in [-0.2, -0.15) is 13.2 Å². The van der Waals surface area contributed by atoms with Crippen LogP contribution >= 0.6 is 0 Å². The maximum absolute atomic E-state index is 13.4. The van der Waals surface area contributed by atoms with Gasteiger partial charge in [0.2, 0.25) is 0 Å². The monoisotopic (exact) mass is 460 g/mol. The summed E-state index contributed by atoms with van der Waals surface area (Å²) in [6.07, 6.45) is -1.99. The minimum absolute atomic E-state index is 0.106. The molecule has 33 heavy (non-hydrogen) atoms. The van der Waals surface area contributed by atoms with Crippen molar-refractivity contribution < 1.29 is 23.1 Å². The predicted octanol–water partition coefficient (Wildman–Crippen LogP) is 4.97. The average molecular weight is 461 g/mol. The number of likely N-dealkylation sites (tertiary alicyclic amines) is 1. The van der Waals surface area contributed by atoms with Crippen LogP contribution in [0.15, 0.2) is 54.6 Å². The van der Waals surface area contributed by atoms with Gasteiger partial charge >= 0.3 is 6.18 Å². The molecule has 0 aromatic heterocycles. The predicted molar refractivity (Wildman–Crippen MR) is 121 cm³/mol. The molecule has 1 amide bonds. The molecule has 0 bridgehead atoms. The quantitative estimate of drug-likeness (QED) is 0.662. The van der Waals surface area contributed by atoms with Gasteiger partial charge < -0.3 is 10.0 Å². The van der Waals surface area contributed by atoms with Crippen molar-refractivity contribution in [1.29, 1.82) is 0 Å². The number of carbonyl (C=O) groups excluding carboxylic acids is 1. The molecule has 1 saturated carbocycles. The van der Waals surface area contributed by atoms with Gasteiger partial charge in [0.25, 0.3) is 5.91 Å². The van der Waals surface area contributed by atoms with Crippen LogP contribution in [-0.4, -0.2) is 52.2 Å². The first kappa shape index (κ1) is 23.8. The van der Waals surface area contributed by atoms with Gasteiger partial charge in [0, 0.05) is 37.3 Å². The second kappa shape index (κ2) is 9.11. The van der Waals surface area contributed by atoms with Crippen LogP contribution in [-0.2, 0) is 12.1 Å². The molecule has 1 saturated heterocycles. The number of piperidine rings is 1. The fraction of sp³-hybridized carbons (Fsp3) is 0.500. The summed E-state index contributed by atoms with van der Waals surface area (Å²) < 4.78 is 39.4. The molecule has 4 rings (SSSR count). The summed E-state index contributed by atoms with van der Waals surface area (Å²) in [4.78, 5) is 17.8. The molecule has 178 valence electrons. The van der Waals surface area contributed by atoms with Crippen molar-refractivity contribution in [1.82, 2.24) is 9.80 Å². The second-order valence-corrected chi connectivity index (χ2v) is 9.64. The number of rotatable bonds is 6. The number of aliphatic hydroxyl groups is 1. The third kappa shape index (κ3) is 5.09. The standard InChI is InChI=1S/C26H31F3N2O2/c1-18-16-30(17-19-6-4-3-5-7-19)15-14-23(18)31(22-12-13-22)24(32)20-8-10-21(11-9-20)25(2,33)26(27,28)29/h3-11,18,22-23,33H,12-17H2,1-2H3/t18-,23-,25?/m1/s1. The van der Waals surface area contributed by atoms with Crippen molar-refractivity contribution in [3.63, 3.8) is 0 Å². The lowest BCUT2D eigenvalue weighted by Crippen LogP contribution is -2.52. The molecule has 4 nitrogen and oxygen atoms in total. The third-order valence-corrected chi connectivity index (χ3v) is 6.97. The molecule has 2 fully saturated rings. The van der Waals surface area contributed by atoms with Crippen molar-refractivity contribution in [2.75, 3.05) is 13.1 Å². The Morgan fingerprint density at radius 1 is 1.06 bits per heavy atom. The van der Waals surface area contributed by atoms with Gasteiger partial charge in [-0.25, -0.2) is 0 Å². The molecule has 3 atom stereocenters. The normalized spacial score (nSPS) is 23.7. The molecule has 2 aromatic carbocycles. The summed E-state index contributed by atoms with van der Waals surface area (Å²) in [6, 6.07) is 15.9. The Morgan fingerprint density at radius 2 is 1.70 bits per heavy atom. The van der Waals surface area contributed by atoms with E-state index < -0.39 is 11.8 Å². The number of alkyl halides is 3. The molecular weight excluding hydrogens is 429 g/mol. The van der Waals surface area contributed by atoms with Crippen LogP contribution in [0.5, 0.6) is 0 Å². The molecule has 2 aliphatic rings. The van der Waals surface area contributed by atoms with Gasteiger partial charge in [0.15, 0.2) is 5.60 Å². The highest BCUT2D eigenvalue weighted by atomic mass is 19.4. The summed E-state index contributed by atoms with van der Waals surface area (Å²) in [7, 11) is 0. The lowest BCUT2D eigenvalue weighted by atomic mass is 9.90. The molecule has 1 N–H and O–H groups in total. The number of hydrogen-bond acceptors (Lipinski definition) is 3. The van der Waals surface area contributed by atoms with E-state index in [2.05, 4.69) is 24.0 Å². The third-order valence-electron chi connectivity index (χ3n) is 6.97. The van der Waals surface area contributed by atoms with Crippen molar-refractivity contribution in [3.8, 4) is 0 Å². The number of amides is 1. The van der Waals surface area contributed by atoms with Crippen LogP contribution in [0.3, 0.4) is 0 Å². The molecule has 1 unspecified atom stereocenters. The minimum atomic E-state index is -4.79. The molecular formula is C26H31F3N2O2. The lowest BCUT2D eigenvalue weighted by Gasteiger charge is -2.43. The number of halogens is 3. The van der Waals surface area contributed by atoms with Crippen LogP contribution in [0.1, 0.15) is 54.6 Å². The van der Waals surface area contributed by atoms with Crippen molar-refractivity contribution in [2.45, 2.75) is 63.5 Å². The summed E-state index contributed by atoms with van der Waals surface area (Å²) in [6.45, 7) is 5.58. The SMILES string of the molecule is C[C@@H]1CN(Cc2ccccc2)CC[C@H]1N(C(=O)c1ccc(C(C)(O)C(F)(F)F)cc1)C1CC1. The fourth-order valence-electron chi connectivity index (χ4n) is 4.81. The molecule has 1 aliphatic carbocycles. The van der Waals surface area contributed by atoms with Gasteiger partial charge in [-0.3, -0.25) is 9.69 Å². The highest BCUT2D eigenvalue weighted by Gasteiger charge is 2.51. The Bertz CT molecular complexity index is 956. The van der Waals surface area contributed by atoms with Crippen LogP contribution in [0, 0.1) is 5.92 Å². The summed E-state index contributed by atoms with van der Waals surface area (Å²) >= 11 is 0. The van der Waals surface area contributed by atoms with E-state index in [0.29, 0.717) is 5.56 Å². The van der Waals surface area contributed by atoms with Crippen LogP contribution < -0.4 is 0 Å². The Morgan fingerprint density at radius 3 is 2.24 bits per heavy atom. The first-order valence-corrected chi connectivity index (χ1v) is 11.6. The summed E-state index contributed by atoms with van der Waals surface area (Å²) in [5.41, 5.74) is -1.59. The van der Waals surface area contributed by atoms with Crippen LogP contribution in [0.25, 0.3) is 0 Å². The van der Waals surface area contributed by atoms with E-state index in [1.807, 2.05) is 23.1 Å². The smallest absolute Gasteiger partial charge is 0.376 e. The van der Waals surface area contributed by atoms with E-state index in [0.717, 1.165) is 45.8 Å². The zero-order valence-corrected chi connectivity index (χ0v) is 19.1. The lowest BCUT2D eigenvalue weighted by molar-refractivity contribution is -0.258. The zero-order valence-electron chi connectivity index (χ0n) is 19.1. The van der Waals surface area contributed by atoms with E-state index in [1.165, 1.54) is 29.8 Å². The molecule has 1 aliphatic heterocycles. The average Bonchev–Trinajstić information content (AvgIpc) is 3.60. The first-order valence-electron chi connectivity index (χ1n) is 11.6. The number of benzene rings is 2. The van der Waals surface area contributed by atoms with Crippen LogP contribution in [0.2, 0.25) is 0 Å². The Balaban J connectivity index is 1.46. The van der Waals surface area contributed by atoms with Gasteiger partial charge in [-0.05, 0) is 55.4 Å². The minimum Gasteiger partial charge on any atom is -0.376 e. The Hall–Kier alpha value is -2.38. The highest BCUT2D eigenvalue weighted by Crippen LogP contribution is 2.39. The Labute approximate surface area is 193 Å². The largest absolute Gasteiger partial charge is 0.421 e. The zero-order chi connectivity index (χ0) is 23.8. The highest BCUT2D eigenvalue weighted by molar-refractivity contribution is 5.95. The molecule has 0 radical (unpaired) electrons. The van der Waals surface area contributed by atoms with E-state index in [9.17, 15) is 23.1 Å². The Kier molecular flexibility index (Phi) is 6.56. The molecule has 0 spiro atoms. The van der Waals surface area contributed by atoms with Gasteiger partial charge in [-0.1, -0.05) is 49.4 Å². The van der Waals surface area contributed by atoms with Crippen molar-refractivity contribution in [3.05, 3.63) is 71.3 Å². The fourth-order valence-corrected chi connectivity index (χ4v) is 4.81. The molecule has 1 heterocycles. The van der Waals surface area contributed by atoms with E-state index in [1.54, 1.807) is 0 Å². The summed E-state index contributed by atoms with van der Waals surface area (Å²) in [5, 5.41) is 9.90. The van der Waals surface area contributed by atoms with Gasteiger partial charge in [-0.15, -0.1) is 0 Å². The number of carbonyl (C=O) groups is 1. The van der Waals surface area contributed by atoms with E-state index in [-0.39, 0.29) is 29.5 Å². The van der Waals surface area contributed by atoms with Gasteiger partial charge in [0.05, 0.1) is 0 Å². The van der Waals surface area contributed by atoms with Crippen LogP contribution in [0.4, 0.5) is 13.2 Å². The second-order valence-electron chi connectivity index (χ2n) is 9.64. The molecule has 2 aromatic rings. The van der Waals surface area contributed by atoms with Crippen molar-refractivity contribution >= 4 is 5.91 Å². The van der Waals surface area contributed by atoms with Crippen molar-refractivity contribution in [2.24, 2.45) is 5.92 Å². The summed E-state index contributed by atoms with van der Waals surface area (Å²) in [5.74, 6) is 0.154. The first-order chi connectivity index (χ1) is 15.6. The number of nitrogens with zero attached hydrogens (tertiary/aromatic N) is 2. The number of hydrogen-bond donors (Lipinski definition) is 1. The van der Waals surface area contributed by atoms with E-state index >= 15 is 0 Å². The topological polar surface area (TPSA) is 43.8 Å². The van der Waals surface area contributed by atoms with Gasteiger partial charge in [0.1, 0.15) is 0 Å². The molecule has 7 heteroatoms.